The highest BCUT2D eigenvalue weighted by atomic mass is 32.2. The number of amides is 1. The number of halogens is 1. The van der Waals surface area contributed by atoms with Crippen molar-refractivity contribution in [2.24, 2.45) is 0 Å². The number of benzene rings is 1. The topological polar surface area (TPSA) is 29.1 Å². The molecule has 0 spiro atoms. The third-order valence-corrected chi connectivity index (χ3v) is 2.95. The predicted molar refractivity (Wildman–Crippen MR) is 49.8 cm³/mol. The van der Waals surface area contributed by atoms with Crippen molar-refractivity contribution in [3.63, 3.8) is 0 Å². The summed E-state index contributed by atoms with van der Waals surface area (Å²) in [7, 11) is 0. The van der Waals surface area contributed by atoms with E-state index in [4.69, 9.17) is 0 Å². The quantitative estimate of drug-likeness (QED) is 0.744. The second-order valence-electron chi connectivity index (χ2n) is 2.75. The molecule has 1 aliphatic rings. The normalized spacial score (nSPS) is 27.3. The van der Waals surface area contributed by atoms with E-state index in [9.17, 15) is 9.18 Å². The van der Waals surface area contributed by atoms with Crippen molar-refractivity contribution in [1.29, 1.82) is 0 Å². The summed E-state index contributed by atoms with van der Waals surface area (Å²) in [5.41, 5.74) is -0.494. The molecule has 0 unspecified atom stereocenters. The summed E-state index contributed by atoms with van der Waals surface area (Å²) in [4.78, 5) is 10.9. The molecule has 2 atom stereocenters. The van der Waals surface area contributed by atoms with Gasteiger partial charge >= 0.3 is 0 Å². The smallest absolute Gasteiger partial charge is 0.266 e. The molecular weight excluding hydrogens is 189 g/mol. The fraction of sp³-hybridized carbons (Fsp3) is 0.222. The van der Waals surface area contributed by atoms with Crippen LogP contribution in [0.1, 0.15) is 10.9 Å². The summed E-state index contributed by atoms with van der Waals surface area (Å²) in [5.74, 6) is -0.529. The van der Waals surface area contributed by atoms with Gasteiger partial charge in [0, 0.05) is 0 Å². The average molecular weight is 197 g/mol. The molecule has 1 amide bonds. The highest BCUT2D eigenvalue weighted by molar-refractivity contribution is 8.01. The number of hydrogen-bond donors (Lipinski definition) is 1. The van der Waals surface area contributed by atoms with Crippen molar-refractivity contribution < 1.29 is 9.18 Å². The summed E-state index contributed by atoms with van der Waals surface area (Å²) in [6.07, 6.45) is 0. The Morgan fingerprint density at radius 2 is 2.00 bits per heavy atom. The van der Waals surface area contributed by atoms with Crippen molar-refractivity contribution in [3.05, 3.63) is 35.9 Å². The number of rotatable bonds is 1. The number of hydrogen-bond acceptors (Lipinski definition) is 2. The van der Waals surface area contributed by atoms with Crippen LogP contribution in [0.5, 0.6) is 0 Å². The number of alkyl halides is 1. The Balaban J connectivity index is 2.17. The first-order chi connectivity index (χ1) is 6.27. The first kappa shape index (κ1) is 8.56. The fourth-order valence-corrected chi connectivity index (χ4v) is 2.13. The molecule has 1 heterocycles. The minimum absolute atomic E-state index is 0.233. The first-order valence-corrected chi connectivity index (χ1v) is 4.86. The van der Waals surface area contributed by atoms with E-state index in [1.54, 1.807) is 0 Å². The van der Waals surface area contributed by atoms with Gasteiger partial charge in [-0.2, -0.15) is 0 Å². The third kappa shape index (κ3) is 1.67. The summed E-state index contributed by atoms with van der Waals surface area (Å²) >= 11 is 0.999. The average Bonchev–Trinajstić information content (AvgIpc) is 2.49. The van der Waals surface area contributed by atoms with E-state index in [1.807, 2.05) is 30.3 Å². The molecule has 0 aliphatic carbocycles. The summed E-state index contributed by atoms with van der Waals surface area (Å²) in [5, 5.41) is 2.34. The molecule has 0 aromatic heterocycles. The molecule has 1 aliphatic heterocycles. The number of carbonyl (C=O) groups is 1. The summed E-state index contributed by atoms with van der Waals surface area (Å²) < 4.78 is 12.8. The van der Waals surface area contributed by atoms with Crippen molar-refractivity contribution >= 4 is 17.7 Å². The maximum absolute atomic E-state index is 12.8. The van der Waals surface area contributed by atoms with Gasteiger partial charge in [0.15, 0.2) is 0 Å². The molecule has 2 nitrogen and oxygen atoms in total. The Bertz CT molecular complexity index is 317. The lowest BCUT2D eigenvalue weighted by molar-refractivity contribution is -0.122. The van der Waals surface area contributed by atoms with Crippen molar-refractivity contribution in [2.45, 2.75) is 10.9 Å². The van der Waals surface area contributed by atoms with Gasteiger partial charge in [0.1, 0.15) is 5.37 Å². The van der Waals surface area contributed by atoms with Crippen LogP contribution in [-0.2, 0) is 4.79 Å². The second kappa shape index (κ2) is 3.38. The predicted octanol–water partition coefficient (Wildman–Crippen LogP) is 1.84. The SMILES string of the molecule is O=C1N[C@H](c2ccccc2)S[C@H]1F. The van der Waals surface area contributed by atoms with Crippen LogP contribution in [0, 0.1) is 0 Å². The van der Waals surface area contributed by atoms with Crippen LogP contribution in [-0.4, -0.2) is 11.4 Å². The molecule has 68 valence electrons. The summed E-state index contributed by atoms with van der Waals surface area (Å²) in [6, 6.07) is 9.37. The standard InChI is InChI=1S/C9H8FNOS/c10-7-8(12)11-9(13-7)6-4-2-1-3-5-6/h1-5,7,9H,(H,11,12)/t7-,9+/m1/s1. The van der Waals surface area contributed by atoms with E-state index in [0.29, 0.717) is 0 Å². The lowest BCUT2D eigenvalue weighted by Crippen LogP contribution is -2.21. The van der Waals surface area contributed by atoms with Crippen LogP contribution in [0.25, 0.3) is 0 Å². The Kier molecular flexibility index (Phi) is 2.22. The van der Waals surface area contributed by atoms with Gasteiger partial charge in [-0.15, -0.1) is 0 Å². The van der Waals surface area contributed by atoms with Gasteiger partial charge in [-0.05, 0) is 5.56 Å². The van der Waals surface area contributed by atoms with Crippen LogP contribution in [0.2, 0.25) is 0 Å². The van der Waals surface area contributed by atoms with Crippen molar-refractivity contribution in [2.75, 3.05) is 0 Å². The molecule has 4 heteroatoms. The van der Waals surface area contributed by atoms with Crippen LogP contribution in [0.4, 0.5) is 4.39 Å². The van der Waals surface area contributed by atoms with E-state index in [2.05, 4.69) is 5.32 Å². The first-order valence-electron chi connectivity index (χ1n) is 3.92. The third-order valence-electron chi connectivity index (χ3n) is 1.84. The highest BCUT2D eigenvalue weighted by Gasteiger charge is 2.33. The van der Waals surface area contributed by atoms with E-state index < -0.39 is 11.4 Å². The number of nitrogens with one attached hydrogen (secondary N) is 1. The van der Waals surface area contributed by atoms with Gasteiger partial charge in [-0.1, -0.05) is 42.1 Å². The molecule has 13 heavy (non-hydrogen) atoms. The van der Waals surface area contributed by atoms with Crippen LogP contribution < -0.4 is 5.32 Å². The van der Waals surface area contributed by atoms with Crippen molar-refractivity contribution in [1.82, 2.24) is 5.32 Å². The van der Waals surface area contributed by atoms with Crippen molar-refractivity contribution in [3.8, 4) is 0 Å². The largest absolute Gasteiger partial charge is 0.337 e. The summed E-state index contributed by atoms with van der Waals surface area (Å²) in [6.45, 7) is 0. The Morgan fingerprint density at radius 1 is 1.31 bits per heavy atom. The molecule has 1 saturated heterocycles. The van der Waals surface area contributed by atoms with Gasteiger partial charge in [0.05, 0.1) is 0 Å². The van der Waals surface area contributed by atoms with Crippen LogP contribution in [0.3, 0.4) is 0 Å². The zero-order chi connectivity index (χ0) is 9.26. The minimum atomic E-state index is -1.43. The molecule has 1 fully saturated rings. The van der Waals surface area contributed by atoms with Gasteiger partial charge in [0.25, 0.3) is 5.91 Å². The lowest BCUT2D eigenvalue weighted by atomic mass is 10.2. The molecule has 2 rings (SSSR count). The van der Waals surface area contributed by atoms with E-state index in [0.717, 1.165) is 17.3 Å². The Morgan fingerprint density at radius 3 is 2.54 bits per heavy atom. The molecule has 1 N–H and O–H groups in total. The maximum Gasteiger partial charge on any atom is 0.266 e. The zero-order valence-electron chi connectivity index (χ0n) is 6.74. The number of thioether (sulfide) groups is 1. The molecule has 1 aromatic carbocycles. The lowest BCUT2D eigenvalue weighted by Gasteiger charge is -2.07. The minimum Gasteiger partial charge on any atom is -0.337 e. The van der Waals surface area contributed by atoms with E-state index >= 15 is 0 Å². The van der Waals surface area contributed by atoms with Crippen LogP contribution in [0.15, 0.2) is 30.3 Å². The number of carbonyl (C=O) groups excluding carboxylic acids is 1. The zero-order valence-corrected chi connectivity index (χ0v) is 7.55. The molecular formula is C9H8FNOS. The van der Waals surface area contributed by atoms with Gasteiger partial charge in [-0.3, -0.25) is 4.79 Å². The van der Waals surface area contributed by atoms with E-state index in [-0.39, 0.29) is 5.37 Å². The Hall–Kier alpha value is -1.03. The highest BCUT2D eigenvalue weighted by Crippen LogP contribution is 2.35. The second-order valence-corrected chi connectivity index (χ2v) is 3.91. The molecule has 0 saturated carbocycles. The van der Waals surface area contributed by atoms with Crippen LogP contribution >= 0.6 is 11.8 Å². The molecule has 0 bridgehead atoms. The van der Waals surface area contributed by atoms with Gasteiger partial charge in [0.2, 0.25) is 5.50 Å². The fourth-order valence-electron chi connectivity index (χ4n) is 1.20. The van der Waals surface area contributed by atoms with Gasteiger partial charge in [-0.25, -0.2) is 4.39 Å². The monoisotopic (exact) mass is 197 g/mol. The molecule has 0 radical (unpaired) electrons. The van der Waals surface area contributed by atoms with E-state index in [1.165, 1.54) is 0 Å². The molecule has 1 aromatic rings. The maximum atomic E-state index is 12.8. The van der Waals surface area contributed by atoms with Gasteiger partial charge < -0.3 is 5.32 Å². The Labute approximate surface area is 79.5 Å².